The monoisotopic (exact) mass is 1030 g/mol. The molecule has 1 unspecified atom stereocenters. The average Bonchev–Trinajstić information content (AvgIpc) is 3.40. The van der Waals surface area contributed by atoms with Crippen molar-refractivity contribution in [2.75, 3.05) is 13.2 Å². The molecule has 0 rings (SSSR count). The quantitative estimate of drug-likeness (QED) is 0.0261. The Morgan fingerprint density at radius 2 is 0.527 bits per heavy atom. The highest BCUT2D eigenvalue weighted by molar-refractivity contribution is 5.71. The van der Waals surface area contributed by atoms with E-state index in [0.29, 0.717) is 19.3 Å². The molecule has 0 amide bonds. The standard InChI is InChI=1S/C68H116O6/c1-4-7-10-13-16-19-21-23-25-27-28-29-30-31-32-33-34-35-36-37-38-39-40-42-43-45-47-49-52-55-58-61-67(70)73-64-65(63-72-66(69)60-57-54-51-18-15-12-9-6-3)74-68(71)62-59-56-53-50-48-46-44-41-26-24-22-20-17-14-11-8-5-2/h7,10,16-17,19-20,23-26,28-29,31-32,34-35,65H,4-6,8-9,11-15,18,21-22,27,30,33,36-64H2,1-3H3/b10-7-,19-16-,20-17-,25-23-,26-24-,29-28-,32-31-,35-34-. The van der Waals surface area contributed by atoms with E-state index in [9.17, 15) is 14.4 Å². The second-order valence-electron chi connectivity index (χ2n) is 20.6. The lowest BCUT2D eigenvalue weighted by atomic mass is 10.0. The summed E-state index contributed by atoms with van der Waals surface area (Å²) >= 11 is 0. The summed E-state index contributed by atoms with van der Waals surface area (Å²) in [5, 5.41) is 0. The van der Waals surface area contributed by atoms with Crippen LogP contribution in [0.4, 0.5) is 0 Å². The first-order chi connectivity index (χ1) is 36.5. The Hall–Kier alpha value is -3.67. The lowest BCUT2D eigenvalue weighted by Crippen LogP contribution is -2.30. The van der Waals surface area contributed by atoms with E-state index in [1.807, 2.05) is 0 Å². The van der Waals surface area contributed by atoms with Crippen molar-refractivity contribution in [3.05, 3.63) is 97.2 Å². The van der Waals surface area contributed by atoms with Crippen molar-refractivity contribution in [2.45, 2.75) is 303 Å². The first-order valence-electron chi connectivity index (χ1n) is 31.2. The average molecular weight is 1030 g/mol. The number of carbonyl (C=O) groups excluding carboxylic acids is 3. The van der Waals surface area contributed by atoms with Gasteiger partial charge >= 0.3 is 17.9 Å². The van der Waals surface area contributed by atoms with Crippen LogP contribution in [0.5, 0.6) is 0 Å². The van der Waals surface area contributed by atoms with Crippen molar-refractivity contribution in [2.24, 2.45) is 0 Å². The summed E-state index contributed by atoms with van der Waals surface area (Å²) in [5.74, 6) is -0.886. The van der Waals surface area contributed by atoms with Gasteiger partial charge in [-0.2, -0.15) is 0 Å². The molecule has 74 heavy (non-hydrogen) atoms. The minimum Gasteiger partial charge on any atom is -0.462 e. The molecule has 0 aliphatic carbocycles. The third kappa shape index (κ3) is 59.2. The fraction of sp³-hybridized carbons (Fsp3) is 0.721. The Morgan fingerprint density at radius 3 is 0.851 bits per heavy atom. The second-order valence-corrected chi connectivity index (χ2v) is 20.6. The molecule has 0 heterocycles. The fourth-order valence-corrected chi connectivity index (χ4v) is 8.65. The van der Waals surface area contributed by atoms with Gasteiger partial charge in [-0.25, -0.2) is 0 Å². The summed E-state index contributed by atoms with van der Waals surface area (Å²) in [6.07, 6.45) is 82.8. The molecule has 0 N–H and O–H groups in total. The van der Waals surface area contributed by atoms with Gasteiger partial charge in [0, 0.05) is 19.3 Å². The summed E-state index contributed by atoms with van der Waals surface area (Å²) in [4.78, 5) is 38.1. The summed E-state index contributed by atoms with van der Waals surface area (Å²) in [7, 11) is 0. The van der Waals surface area contributed by atoms with Crippen LogP contribution >= 0.6 is 0 Å². The maximum atomic E-state index is 12.8. The number of unbranched alkanes of at least 4 members (excludes halogenated alkanes) is 29. The number of rotatable bonds is 56. The topological polar surface area (TPSA) is 78.9 Å². The molecule has 0 aromatic rings. The lowest BCUT2D eigenvalue weighted by Gasteiger charge is -2.18. The van der Waals surface area contributed by atoms with E-state index in [-0.39, 0.29) is 31.1 Å². The largest absolute Gasteiger partial charge is 0.462 e. The number of hydrogen-bond donors (Lipinski definition) is 0. The van der Waals surface area contributed by atoms with Gasteiger partial charge < -0.3 is 14.2 Å². The van der Waals surface area contributed by atoms with E-state index in [1.165, 1.54) is 148 Å². The predicted molar refractivity (Wildman–Crippen MR) is 320 cm³/mol. The van der Waals surface area contributed by atoms with E-state index >= 15 is 0 Å². The van der Waals surface area contributed by atoms with E-state index in [4.69, 9.17) is 14.2 Å². The van der Waals surface area contributed by atoms with Gasteiger partial charge in [-0.15, -0.1) is 0 Å². The van der Waals surface area contributed by atoms with Crippen molar-refractivity contribution in [1.82, 2.24) is 0 Å². The molecular weight excluding hydrogens is 913 g/mol. The van der Waals surface area contributed by atoms with Crippen LogP contribution in [0.15, 0.2) is 97.2 Å². The van der Waals surface area contributed by atoms with Crippen molar-refractivity contribution >= 4 is 17.9 Å². The zero-order valence-electron chi connectivity index (χ0n) is 48.6. The Labute approximate surface area is 457 Å². The first-order valence-corrected chi connectivity index (χ1v) is 31.2. The fourth-order valence-electron chi connectivity index (χ4n) is 8.65. The Balaban J connectivity index is 4.14. The molecule has 6 heteroatoms. The molecule has 0 aromatic carbocycles. The van der Waals surface area contributed by atoms with E-state index < -0.39 is 6.10 Å². The number of hydrogen-bond acceptors (Lipinski definition) is 6. The third-order valence-corrected chi connectivity index (χ3v) is 13.3. The van der Waals surface area contributed by atoms with Crippen molar-refractivity contribution < 1.29 is 28.6 Å². The molecule has 0 spiro atoms. The Bertz CT molecular complexity index is 1460. The molecule has 0 aromatic heterocycles. The number of ether oxygens (including phenoxy) is 3. The van der Waals surface area contributed by atoms with E-state index in [1.54, 1.807) is 0 Å². The first kappa shape index (κ1) is 70.3. The van der Waals surface area contributed by atoms with Crippen LogP contribution < -0.4 is 0 Å². The van der Waals surface area contributed by atoms with Gasteiger partial charge in [-0.1, -0.05) is 272 Å². The normalized spacial score (nSPS) is 12.7. The zero-order chi connectivity index (χ0) is 53.6. The number of esters is 3. The summed E-state index contributed by atoms with van der Waals surface area (Å²) in [6.45, 7) is 6.48. The molecule has 0 fully saturated rings. The van der Waals surface area contributed by atoms with Gasteiger partial charge in [0.1, 0.15) is 13.2 Å². The molecule has 0 saturated carbocycles. The zero-order valence-corrected chi connectivity index (χ0v) is 48.6. The van der Waals surface area contributed by atoms with Crippen LogP contribution in [-0.2, 0) is 28.6 Å². The van der Waals surface area contributed by atoms with Crippen LogP contribution in [0.2, 0.25) is 0 Å². The molecular formula is C68H116O6. The van der Waals surface area contributed by atoms with Gasteiger partial charge in [0.05, 0.1) is 0 Å². The SMILES string of the molecule is CC/C=C\C/C=C\C/C=C\C/C=C\C/C=C\C/C=C\CCCCCCCCCCCCCCC(=O)OCC(COC(=O)CCCCCCCCCC)OC(=O)CCCCCCCCC/C=C\C/C=C\CCCCC. The van der Waals surface area contributed by atoms with Gasteiger partial charge in [-0.3, -0.25) is 14.4 Å². The smallest absolute Gasteiger partial charge is 0.306 e. The highest BCUT2D eigenvalue weighted by atomic mass is 16.6. The molecule has 6 nitrogen and oxygen atoms in total. The lowest BCUT2D eigenvalue weighted by molar-refractivity contribution is -0.167. The molecule has 0 aliphatic heterocycles. The Kier molecular flexibility index (Phi) is 58.8. The Morgan fingerprint density at radius 1 is 0.284 bits per heavy atom. The minimum absolute atomic E-state index is 0.0785. The molecule has 0 aliphatic rings. The number of carbonyl (C=O) groups is 3. The van der Waals surface area contributed by atoms with Crippen LogP contribution in [0.25, 0.3) is 0 Å². The minimum atomic E-state index is -0.779. The molecule has 424 valence electrons. The van der Waals surface area contributed by atoms with Crippen LogP contribution in [0.3, 0.4) is 0 Å². The van der Waals surface area contributed by atoms with Gasteiger partial charge in [0.2, 0.25) is 0 Å². The van der Waals surface area contributed by atoms with Crippen LogP contribution in [0.1, 0.15) is 297 Å². The van der Waals surface area contributed by atoms with Crippen LogP contribution in [0, 0.1) is 0 Å². The summed E-state index contributed by atoms with van der Waals surface area (Å²) in [6, 6.07) is 0. The van der Waals surface area contributed by atoms with E-state index in [2.05, 4.69) is 118 Å². The van der Waals surface area contributed by atoms with Crippen LogP contribution in [-0.4, -0.2) is 37.2 Å². The van der Waals surface area contributed by atoms with Gasteiger partial charge in [0.15, 0.2) is 6.10 Å². The predicted octanol–water partition coefficient (Wildman–Crippen LogP) is 21.3. The van der Waals surface area contributed by atoms with Gasteiger partial charge in [0.25, 0.3) is 0 Å². The molecule has 0 radical (unpaired) electrons. The third-order valence-electron chi connectivity index (χ3n) is 13.3. The maximum absolute atomic E-state index is 12.8. The van der Waals surface area contributed by atoms with E-state index in [0.717, 1.165) is 109 Å². The molecule has 0 saturated heterocycles. The second kappa shape index (κ2) is 61.9. The van der Waals surface area contributed by atoms with Crippen molar-refractivity contribution in [1.29, 1.82) is 0 Å². The number of allylic oxidation sites excluding steroid dienone is 16. The van der Waals surface area contributed by atoms with Crippen molar-refractivity contribution in [3.8, 4) is 0 Å². The summed E-state index contributed by atoms with van der Waals surface area (Å²) < 4.78 is 16.8. The summed E-state index contributed by atoms with van der Waals surface area (Å²) in [5.41, 5.74) is 0. The van der Waals surface area contributed by atoms with Gasteiger partial charge in [-0.05, 0) is 103 Å². The maximum Gasteiger partial charge on any atom is 0.306 e. The molecule has 0 bridgehead atoms. The highest BCUT2D eigenvalue weighted by Crippen LogP contribution is 2.16. The highest BCUT2D eigenvalue weighted by Gasteiger charge is 2.19. The van der Waals surface area contributed by atoms with Crippen molar-refractivity contribution in [3.63, 3.8) is 0 Å². The molecule has 1 atom stereocenters.